The SMILES string of the molecule is CCCN1C(=O)CC(N)C1c1ccc(Br)o1. The molecule has 2 atom stereocenters. The molecule has 0 aromatic carbocycles. The van der Waals surface area contributed by atoms with E-state index < -0.39 is 0 Å². The predicted molar refractivity (Wildman–Crippen MR) is 63.7 cm³/mol. The van der Waals surface area contributed by atoms with E-state index in [9.17, 15) is 4.79 Å². The van der Waals surface area contributed by atoms with Crippen molar-refractivity contribution in [1.29, 1.82) is 0 Å². The Kier molecular flexibility index (Phi) is 3.35. The van der Waals surface area contributed by atoms with Gasteiger partial charge in [-0.1, -0.05) is 6.92 Å². The number of rotatable bonds is 3. The highest BCUT2D eigenvalue weighted by Gasteiger charge is 2.39. The zero-order valence-corrected chi connectivity index (χ0v) is 10.7. The van der Waals surface area contributed by atoms with Crippen LogP contribution in [0.15, 0.2) is 21.2 Å². The minimum absolute atomic E-state index is 0.112. The Morgan fingerprint density at radius 2 is 2.38 bits per heavy atom. The number of likely N-dealkylation sites (tertiary alicyclic amines) is 1. The highest BCUT2D eigenvalue weighted by Crippen LogP contribution is 2.34. The number of nitrogens with two attached hydrogens (primary N) is 1. The summed E-state index contributed by atoms with van der Waals surface area (Å²) < 4.78 is 6.18. The molecule has 0 radical (unpaired) electrons. The third-order valence-electron chi connectivity index (χ3n) is 2.82. The average Bonchev–Trinajstić information content (AvgIpc) is 2.73. The molecule has 1 aliphatic rings. The smallest absolute Gasteiger partial charge is 0.224 e. The van der Waals surface area contributed by atoms with Gasteiger partial charge >= 0.3 is 0 Å². The van der Waals surface area contributed by atoms with Crippen LogP contribution in [0.3, 0.4) is 0 Å². The first-order chi connectivity index (χ1) is 7.63. The van der Waals surface area contributed by atoms with Crippen LogP contribution in [0.4, 0.5) is 0 Å². The van der Waals surface area contributed by atoms with Gasteiger partial charge in [0.1, 0.15) is 11.8 Å². The molecule has 2 rings (SSSR count). The van der Waals surface area contributed by atoms with Crippen molar-refractivity contribution < 1.29 is 9.21 Å². The summed E-state index contributed by atoms with van der Waals surface area (Å²) in [5.41, 5.74) is 5.99. The Hall–Kier alpha value is -0.810. The van der Waals surface area contributed by atoms with Gasteiger partial charge in [-0.3, -0.25) is 4.79 Å². The lowest BCUT2D eigenvalue weighted by Crippen LogP contribution is -2.33. The van der Waals surface area contributed by atoms with Crippen LogP contribution in [0, 0.1) is 0 Å². The first-order valence-electron chi connectivity index (χ1n) is 5.43. The van der Waals surface area contributed by atoms with Gasteiger partial charge in [-0.05, 0) is 34.5 Å². The van der Waals surface area contributed by atoms with E-state index in [1.54, 1.807) is 0 Å². The van der Waals surface area contributed by atoms with E-state index in [-0.39, 0.29) is 18.0 Å². The number of halogens is 1. The number of nitrogens with zero attached hydrogens (tertiary/aromatic N) is 1. The molecule has 1 aromatic heterocycles. The molecule has 2 N–H and O–H groups in total. The van der Waals surface area contributed by atoms with Gasteiger partial charge in [-0.2, -0.15) is 0 Å². The quantitative estimate of drug-likeness (QED) is 0.925. The molecule has 16 heavy (non-hydrogen) atoms. The predicted octanol–water partition coefficient (Wildman–Crippen LogP) is 2.05. The molecular formula is C11H15BrN2O2. The topological polar surface area (TPSA) is 59.5 Å². The summed E-state index contributed by atoms with van der Waals surface area (Å²) in [6.07, 6.45) is 1.33. The van der Waals surface area contributed by atoms with Crippen molar-refractivity contribution in [2.45, 2.75) is 31.8 Å². The van der Waals surface area contributed by atoms with Crippen molar-refractivity contribution in [3.8, 4) is 0 Å². The van der Waals surface area contributed by atoms with E-state index in [2.05, 4.69) is 15.9 Å². The highest BCUT2D eigenvalue weighted by molar-refractivity contribution is 9.10. The van der Waals surface area contributed by atoms with Gasteiger partial charge in [0, 0.05) is 19.0 Å². The third kappa shape index (κ3) is 2.01. The molecule has 1 aliphatic heterocycles. The van der Waals surface area contributed by atoms with Gasteiger partial charge in [-0.25, -0.2) is 0 Å². The molecule has 1 amide bonds. The maximum atomic E-state index is 11.8. The van der Waals surface area contributed by atoms with Crippen molar-refractivity contribution in [3.05, 3.63) is 22.6 Å². The van der Waals surface area contributed by atoms with Crippen LogP contribution in [0.2, 0.25) is 0 Å². The second-order valence-corrected chi connectivity index (χ2v) is 4.82. The van der Waals surface area contributed by atoms with E-state index in [4.69, 9.17) is 10.2 Å². The minimum Gasteiger partial charge on any atom is -0.452 e. The normalized spacial score (nSPS) is 25.4. The summed E-state index contributed by atoms with van der Waals surface area (Å²) in [5, 5.41) is 0. The second kappa shape index (κ2) is 4.59. The molecule has 5 heteroatoms. The zero-order valence-electron chi connectivity index (χ0n) is 9.15. The summed E-state index contributed by atoms with van der Waals surface area (Å²) in [5.74, 6) is 0.880. The first-order valence-corrected chi connectivity index (χ1v) is 6.23. The lowest BCUT2D eigenvalue weighted by Gasteiger charge is -2.24. The van der Waals surface area contributed by atoms with Crippen LogP contribution in [0.5, 0.6) is 0 Å². The molecule has 0 bridgehead atoms. The molecule has 0 aliphatic carbocycles. The standard InChI is InChI=1S/C11H15BrN2O2/c1-2-5-14-10(15)6-7(13)11(14)8-3-4-9(12)16-8/h3-4,7,11H,2,5-6,13H2,1H3. The lowest BCUT2D eigenvalue weighted by molar-refractivity contribution is -0.129. The number of carbonyl (C=O) groups excluding carboxylic acids is 1. The Balaban J connectivity index is 2.26. The molecule has 1 aromatic rings. The van der Waals surface area contributed by atoms with Crippen molar-refractivity contribution >= 4 is 21.8 Å². The van der Waals surface area contributed by atoms with Crippen LogP contribution in [-0.4, -0.2) is 23.4 Å². The van der Waals surface area contributed by atoms with E-state index >= 15 is 0 Å². The third-order valence-corrected chi connectivity index (χ3v) is 3.25. The maximum absolute atomic E-state index is 11.8. The number of hydrogen-bond donors (Lipinski definition) is 1. The van der Waals surface area contributed by atoms with Crippen molar-refractivity contribution in [1.82, 2.24) is 4.90 Å². The van der Waals surface area contributed by atoms with Gasteiger partial charge in [0.05, 0.1) is 0 Å². The van der Waals surface area contributed by atoms with Crippen LogP contribution >= 0.6 is 15.9 Å². The molecule has 1 fully saturated rings. The second-order valence-electron chi connectivity index (χ2n) is 4.04. The van der Waals surface area contributed by atoms with Crippen LogP contribution in [0.1, 0.15) is 31.6 Å². The fraction of sp³-hybridized carbons (Fsp3) is 0.545. The minimum atomic E-state index is -0.169. The molecule has 0 spiro atoms. The number of amides is 1. The number of furan rings is 1. The van der Waals surface area contributed by atoms with Crippen LogP contribution < -0.4 is 5.73 Å². The van der Waals surface area contributed by atoms with Gasteiger partial charge in [0.2, 0.25) is 5.91 Å². The Bertz CT molecular complexity index is 391. The first kappa shape index (κ1) is 11.7. The molecule has 0 saturated carbocycles. The fourth-order valence-corrected chi connectivity index (χ4v) is 2.49. The summed E-state index contributed by atoms with van der Waals surface area (Å²) >= 11 is 3.26. The number of hydrogen-bond acceptors (Lipinski definition) is 3. The molecule has 4 nitrogen and oxygen atoms in total. The summed E-state index contributed by atoms with van der Waals surface area (Å²) in [6, 6.07) is 3.42. The number of carbonyl (C=O) groups is 1. The van der Waals surface area contributed by atoms with Gasteiger partial charge in [0.15, 0.2) is 4.67 Å². The van der Waals surface area contributed by atoms with E-state index in [0.717, 1.165) is 18.7 Å². The lowest BCUT2D eigenvalue weighted by atomic mass is 10.1. The largest absolute Gasteiger partial charge is 0.452 e. The van der Waals surface area contributed by atoms with E-state index in [1.165, 1.54) is 0 Å². The molecule has 2 heterocycles. The Labute approximate surface area is 103 Å². The van der Waals surface area contributed by atoms with Crippen molar-refractivity contribution in [2.24, 2.45) is 5.73 Å². The van der Waals surface area contributed by atoms with Crippen molar-refractivity contribution in [3.63, 3.8) is 0 Å². The Morgan fingerprint density at radius 1 is 1.62 bits per heavy atom. The monoisotopic (exact) mass is 286 g/mol. The summed E-state index contributed by atoms with van der Waals surface area (Å²) in [6.45, 7) is 2.78. The molecule has 2 unspecified atom stereocenters. The van der Waals surface area contributed by atoms with Gasteiger partial charge in [-0.15, -0.1) is 0 Å². The fourth-order valence-electron chi connectivity index (χ4n) is 2.17. The maximum Gasteiger partial charge on any atom is 0.224 e. The van der Waals surface area contributed by atoms with Gasteiger partial charge in [0.25, 0.3) is 0 Å². The summed E-state index contributed by atoms with van der Waals surface area (Å²) in [7, 11) is 0. The van der Waals surface area contributed by atoms with Crippen LogP contribution in [0.25, 0.3) is 0 Å². The highest BCUT2D eigenvalue weighted by atomic mass is 79.9. The van der Waals surface area contributed by atoms with Crippen molar-refractivity contribution in [2.75, 3.05) is 6.54 Å². The van der Waals surface area contributed by atoms with E-state index in [1.807, 2.05) is 24.0 Å². The average molecular weight is 287 g/mol. The summed E-state index contributed by atoms with van der Waals surface area (Å²) in [4.78, 5) is 13.6. The molecule has 88 valence electrons. The molecule has 1 saturated heterocycles. The Morgan fingerprint density at radius 3 is 2.94 bits per heavy atom. The van der Waals surface area contributed by atoms with Gasteiger partial charge < -0.3 is 15.1 Å². The molecular weight excluding hydrogens is 272 g/mol. The van der Waals surface area contributed by atoms with E-state index in [0.29, 0.717) is 11.1 Å². The zero-order chi connectivity index (χ0) is 11.7. The van der Waals surface area contributed by atoms with Crippen LogP contribution in [-0.2, 0) is 4.79 Å².